The maximum atomic E-state index is 12.9. The van der Waals surface area contributed by atoms with Gasteiger partial charge in [0, 0.05) is 19.5 Å². The van der Waals surface area contributed by atoms with Gasteiger partial charge >= 0.3 is 6.09 Å². The van der Waals surface area contributed by atoms with Crippen molar-refractivity contribution in [3.63, 3.8) is 0 Å². The topological polar surface area (TPSA) is 110 Å². The highest BCUT2D eigenvalue weighted by Crippen LogP contribution is 2.21. The van der Waals surface area contributed by atoms with Gasteiger partial charge in [-0.2, -0.15) is 0 Å². The molecule has 9 heteroatoms. The van der Waals surface area contributed by atoms with Gasteiger partial charge < -0.3 is 20.4 Å². The van der Waals surface area contributed by atoms with Gasteiger partial charge in [-0.3, -0.25) is 0 Å². The summed E-state index contributed by atoms with van der Waals surface area (Å²) in [5.41, 5.74) is 6.95. The zero-order valence-electron chi connectivity index (χ0n) is 15.6. The minimum atomic E-state index is -0.419. The van der Waals surface area contributed by atoms with Crippen LogP contribution in [0.1, 0.15) is 25.1 Å². The van der Waals surface area contributed by atoms with E-state index in [1.807, 2.05) is 0 Å². The summed E-state index contributed by atoms with van der Waals surface area (Å²) >= 11 is 0. The Morgan fingerprint density at radius 3 is 2.79 bits per heavy atom. The van der Waals surface area contributed by atoms with Crippen LogP contribution in [0.5, 0.6) is 5.75 Å². The van der Waals surface area contributed by atoms with Crippen LogP contribution in [-0.4, -0.2) is 44.0 Å². The molecule has 3 heterocycles. The largest absolute Gasteiger partial charge is 0.415 e. The van der Waals surface area contributed by atoms with Crippen molar-refractivity contribution in [2.45, 2.75) is 19.3 Å². The van der Waals surface area contributed by atoms with Crippen molar-refractivity contribution in [3.05, 3.63) is 42.2 Å². The molecule has 0 saturated carbocycles. The highest BCUT2D eigenvalue weighted by molar-refractivity contribution is 5.81. The van der Waals surface area contributed by atoms with Gasteiger partial charge in [-0.15, -0.1) is 0 Å². The van der Waals surface area contributed by atoms with Crippen LogP contribution in [0.15, 0.2) is 30.6 Å². The Morgan fingerprint density at radius 2 is 2.03 bits per heavy atom. The Kier molecular flexibility index (Phi) is 5.24. The fraction of sp³-hybridized carbons (Fsp3) is 0.300. The Balaban J connectivity index is 1.28. The second kappa shape index (κ2) is 8.14. The summed E-state index contributed by atoms with van der Waals surface area (Å²) in [5, 5.41) is 0. The first-order valence-electron chi connectivity index (χ1n) is 9.26. The van der Waals surface area contributed by atoms with Gasteiger partial charge in [-0.05, 0) is 48.9 Å². The average molecular weight is 394 g/mol. The second-order valence-corrected chi connectivity index (χ2v) is 6.79. The number of aromatic nitrogens is 4. The van der Waals surface area contributed by atoms with E-state index in [2.05, 4.69) is 31.8 Å². The predicted molar refractivity (Wildman–Crippen MR) is 104 cm³/mol. The summed E-state index contributed by atoms with van der Waals surface area (Å²) in [7, 11) is 0. The smallest absolute Gasteiger partial charge is 0.410 e. The maximum Gasteiger partial charge on any atom is 0.415 e. The van der Waals surface area contributed by atoms with Gasteiger partial charge in [0.15, 0.2) is 11.5 Å². The normalized spacial score (nSPS) is 14.4. The second-order valence-electron chi connectivity index (χ2n) is 6.79. The summed E-state index contributed by atoms with van der Waals surface area (Å²) < 4.78 is 18.2. The van der Waals surface area contributed by atoms with E-state index in [-0.39, 0.29) is 5.82 Å². The minimum absolute atomic E-state index is 0.300. The van der Waals surface area contributed by atoms with Crippen molar-refractivity contribution >= 4 is 23.1 Å². The molecule has 0 spiro atoms. The van der Waals surface area contributed by atoms with Crippen molar-refractivity contribution in [2.75, 3.05) is 18.8 Å². The molecule has 4 rings (SSSR count). The molecule has 3 N–H and O–H groups in total. The molecule has 148 valence electrons. The number of anilines is 1. The third-order valence-corrected chi connectivity index (χ3v) is 4.79. The number of likely N-dealkylation sites (tertiary alicyclic amines) is 1. The molecule has 2 aromatic heterocycles. The molecule has 0 bridgehead atoms. The van der Waals surface area contributed by atoms with Crippen LogP contribution in [0, 0.1) is 23.6 Å². The summed E-state index contributed by atoms with van der Waals surface area (Å²) in [6, 6.07) is 5.39. The number of rotatable bonds is 2. The number of H-pyrrole nitrogens is 1. The van der Waals surface area contributed by atoms with Gasteiger partial charge in [-0.25, -0.2) is 24.1 Å². The molecule has 3 aromatic rings. The standard InChI is InChI=1S/C20H19FN6O2/c21-14-4-6-15(7-5-14)29-20(28)27-10-8-13(9-11-27)2-1-3-16-25-18(22)17-19(26-16)24-12-23-17/h4-7,12-13H,2,8-11H2,(H3,22,23,24,25,26). The van der Waals surface area contributed by atoms with Crippen LogP contribution in [0.2, 0.25) is 0 Å². The number of aromatic amines is 1. The molecule has 1 fully saturated rings. The number of nitrogens with two attached hydrogens (primary N) is 1. The van der Waals surface area contributed by atoms with Gasteiger partial charge in [0.2, 0.25) is 5.82 Å². The predicted octanol–water partition coefficient (Wildman–Crippen LogP) is 2.73. The number of halogens is 1. The molecule has 1 amide bonds. The lowest BCUT2D eigenvalue weighted by Crippen LogP contribution is -2.40. The fourth-order valence-corrected chi connectivity index (χ4v) is 3.18. The molecule has 1 aliphatic rings. The van der Waals surface area contributed by atoms with Crippen LogP contribution < -0.4 is 10.5 Å². The number of hydrogen-bond acceptors (Lipinski definition) is 6. The van der Waals surface area contributed by atoms with Crippen LogP contribution in [-0.2, 0) is 0 Å². The van der Waals surface area contributed by atoms with E-state index < -0.39 is 6.09 Å². The van der Waals surface area contributed by atoms with Gasteiger partial charge in [0.05, 0.1) is 6.33 Å². The van der Waals surface area contributed by atoms with Crippen LogP contribution in [0.3, 0.4) is 0 Å². The van der Waals surface area contributed by atoms with E-state index in [1.54, 1.807) is 4.90 Å². The number of nitrogens with one attached hydrogen (secondary N) is 1. The summed E-state index contributed by atoms with van der Waals surface area (Å²) in [6.45, 7) is 1.19. The first-order chi connectivity index (χ1) is 14.1. The lowest BCUT2D eigenvalue weighted by atomic mass is 9.94. The zero-order valence-corrected chi connectivity index (χ0v) is 15.6. The molecule has 0 radical (unpaired) electrons. The number of amides is 1. The minimum Gasteiger partial charge on any atom is -0.410 e. The van der Waals surface area contributed by atoms with E-state index in [1.165, 1.54) is 30.6 Å². The third-order valence-electron chi connectivity index (χ3n) is 4.79. The summed E-state index contributed by atoms with van der Waals surface area (Å²) in [6.07, 6.45) is 3.44. The van der Waals surface area contributed by atoms with E-state index in [0.29, 0.717) is 54.0 Å². The monoisotopic (exact) mass is 394 g/mol. The summed E-state index contributed by atoms with van der Waals surface area (Å²) in [5.74, 6) is 7.06. The van der Waals surface area contributed by atoms with Crippen LogP contribution in [0.25, 0.3) is 11.2 Å². The Bertz CT molecular complexity index is 1080. The first kappa shape index (κ1) is 18.7. The molecule has 0 atom stereocenters. The molecule has 1 saturated heterocycles. The highest BCUT2D eigenvalue weighted by Gasteiger charge is 2.23. The number of nitrogens with zero attached hydrogens (tertiary/aromatic N) is 4. The Hall–Kier alpha value is -3.67. The van der Waals surface area contributed by atoms with Crippen molar-refractivity contribution in [2.24, 2.45) is 5.92 Å². The molecule has 29 heavy (non-hydrogen) atoms. The number of piperidine rings is 1. The Morgan fingerprint density at radius 1 is 1.28 bits per heavy atom. The number of nitrogen functional groups attached to an aromatic ring is 1. The molecule has 0 aliphatic carbocycles. The Labute approximate surface area is 166 Å². The summed E-state index contributed by atoms with van der Waals surface area (Å²) in [4.78, 5) is 29.3. The highest BCUT2D eigenvalue weighted by atomic mass is 19.1. The SMILES string of the molecule is Nc1nc(C#CCC2CCN(C(=O)Oc3ccc(F)cc3)CC2)nc2[nH]cnc12. The number of carbonyl (C=O) groups is 1. The van der Waals surface area contributed by atoms with E-state index in [9.17, 15) is 9.18 Å². The number of hydrogen-bond donors (Lipinski definition) is 2. The van der Waals surface area contributed by atoms with Gasteiger partial charge in [0.1, 0.15) is 17.1 Å². The third kappa shape index (κ3) is 4.43. The molecule has 1 aliphatic heterocycles. The molecule has 1 aromatic carbocycles. The first-order valence-corrected chi connectivity index (χ1v) is 9.26. The molecular weight excluding hydrogens is 375 g/mol. The molecule has 0 unspecified atom stereocenters. The number of carbonyl (C=O) groups excluding carboxylic acids is 1. The van der Waals surface area contributed by atoms with Crippen LogP contribution in [0.4, 0.5) is 15.0 Å². The van der Waals surface area contributed by atoms with E-state index in [0.717, 1.165) is 12.8 Å². The maximum absolute atomic E-state index is 12.9. The van der Waals surface area contributed by atoms with Crippen LogP contribution >= 0.6 is 0 Å². The lowest BCUT2D eigenvalue weighted by Gasteiger charge is -2.30. The lowest BCUT2D eigenvalue weighted by molar-refractivity contribution is 0.131. The van der Waals surface area contributed by atoms with E-state index >= 15 is 0 Å². The average Bonchev–Trinajstić information content (AvgIpc) is 3.19. The fourth-order valence-electron chi connectivity index (χ4n) is 3.18. The molecule has 8 nitrogen and oxygen atoms in total. The van der Waals surface area contributed by atoms with Gasteiger partial charge in [-0.1, -0.05) is 5.92 Å². The number of benzene rings is 1. The zero-order chi connectivity index (χ0) is 20.2. The quantitative estimate of drug-likeness (QED) is 0.647. The number of fused-ring (bicyclic) bond motifs is 1. The van der Waals surface area contributed by atoms with Crippen molar-refractivity contribution in [1.29, 1.82) is 0 Å². The van der Waals surface area contributed by atoms with E-state index in [4.69, 9.17) is 10.5 Å². The number of ether oxygens (including phenoxy) is 1. The molecular formula is C20H19FN6O2. The van der Waals surface area contributed by atoms with Crippen molar-refractivity contribution < 1.29 is 13.9 Å². The van der Waals surface area contributed by atoms with Crippen molar-refractivity contribution in [3.8, 4) is 17.6 Å². The van der Waals surface area contributed by atoms with Crippen molar-refractivity contribution in [1.82, 2.24) is 24.8 Å². The number of imidazole rings is 1. The van der Waals surface area contributed by atoms with Gasteiger partial charge in [0.25, 0.3) is 0 Å².